The Bertz CT molecular complexity index is 290. The summed E-state index contributed by atoms with van der Waals surface area (Å²) in [6.07, 6.45) is 5.39. The van der Waals surface area contributed by atoms with E-state index in [2.05, 4.69) is 0 Å². The molecule has 4 bridgehead atoms. The van der Waals surface area contributed by atoms with Gasteiger partial charge in [0.25, 0.3) is 0 Å². The van der Waals surface area contributed by atoms with Gasteiger partial charge < -0.3 is 0 Å². The number of alkyl halides is 1. The van der Waals surface area contributed by atoms with E-state index in [0.717, 1.165) is 25.7 Å². The second-order valence-corrected chi connectivity index (χ2v) is 6.40. The predicted molar refractivity (Wildman–Crippen MR) is 53.0 cm³/mol. The largest absolute Gasteiger partial charge is 0.264 e. The van der Waals surface area contributed by atoms with Gasteiger partial charge in [0.1, 0.15) is 0 Å². The van der Waals surface area contributed by atoms with Crippen LogP contribution in [-0.2, 0) is 0 Å². The third-order valence-electron chi connectivity index (χ3n) is 4.35. The van der Waals surface area contributed by atoms with Crippen molar-refractivity contribution in [1.29, 1.82) is 0 Å². The van der Waals surface area contributed by atoms with Gasteiger partial charge in [-0.25, -0.2) is 0 Å². The summed E-state index contributed by atoms with van der Waals surface area (Å²) in [4.78, 5) is 10.9. The molecule has 0 radical (unpaired) electrons. The number of hydrogen-bond donors (Lipinski definition) is 0. The lowest BCUT2D eigenvalue weighted by atomic mass is 9.53. The molecule has 0 heterocycles. The van der Waals surface area contributed by atoms with E-state index < -0.39 is 5.54 Å². The molecule has 3 nitrogen and oxygen atoms in total. The second-order valence-electron chi connectivity index (χ2n) is 5.59. The van der Waals surface area contributed by atoms with Gasteiger partial charge in [0.05, 0.1) is 4.87 Å². The summed E-state index contributed by atoms with van der Waals surface area (Å²) in [7, 11) is 0. The van der Waals surface area contributed by atoms with Crippen LogP contribution in [0.25, 0.3) is 0 Å². The minimum Gasteiger partial charge on any atom is -0.264 e. The van der Waals surface area contributed by atoms with Crippen molar-refractivity contribution in [2.75, 3.05) is 0 Å². The molecule has 0 spiro atoms. The summed E-state index contributed by atoms with van der Waals surface area (Å²) < 4.78 is 0. The van der Waals surface area contributed by atoms with Gasteiger partial charge >= 0.3 is 0 Å². The minimum atomic E-state index is -0.647. The summed E-state index contributed by atoms with van der Waals surface area (Å²) in [5, 5.41) is 11.1. The van der Waals surface area contributed by atoms with Crippen LogP contribution in [-0.4, -0.2) is 15.3 Å². The molecular formula is C10H14ClNO2. The molecule has 78 valence electrons. The van der Waals surface area contributed by atoms with E-state index in [0.29, 0.717) is 18.3 Å². The first-order chi connectivity index (χ1) is 6.51. The summed E-state index contributed by atoms with van der Waals surface area (Å²) in [6, 6.07) is 0. The molecule has 4 rings (SSSR count). The van der Waals surface area contributed by atoms with E-state index in [-0.39, 0.29) is 9.80 Å². The summed E-state index contributed by atoms with van der Waals surface area (Å²) in [5.41, 5.74) is -0.647. The fourth-order valence-corrected chi connectivity index (χ4v) is 5.00. The van der Waals surface area contributed by atoms with Crippen LogP contribution in [0.1, 0.15) is 38.5 Å². The molecule has 0 aromatic rings. The zero-order chi connectivity index (χ0) is 9.97. The summed E-state index contributed by atoms with van der Waals surface area (Å²) >= 11 is 6.46. The monoisotopic (exact) mass is 215 g/mol. The fourth-order valence-electron chi connectivity index (χ4n) is 4.32. The lowest BCUT2D eigenvalue weighted by Crippen LogP contribution is -2.60. The Kier molecular flexibility index (Phi) is 1.56. The maximum atomic E-state index is 11.1. The number of nitrogens with zero attached hydrogens (tertiary/aromatic N) is 1. The molecule has 14 heavy (non-hydrogen) atoms. The molecule has 4 saturated carbocycles. The van der Waals surface area contributed by atoms with Gasteiger partial charge in [0.15, 0.2) is 0 Å². The highest BCUT2D eigenvalue weighted by Crippen LogP contribution is 2.60. The van der Waals surface area contributed by atoms with Crippen LogP contribution in [0.2, 0.25) is 0 Å². The molecule has 0 saturated heterocycles. The molecule has 4 atom stereocenters. The molecule has 2 unspecified atom stereocenters. The molecule has 0 amide bonds. The van der Waals surface area contributed by atoms with Gasteiger partial charge in [-0.05, 0) is 31.1 Å². The first-order valence-corrected chi connectivity index (χ1v) is 5.73. The Morgan fingerprint density at radius 2 is 1.79 bits per heavy atom. The first kappa shape index (κ1) is 8.96. The fraction of sp³-hybridized carbons (Fsp3) is 1.00. The van der Waals surface area contributed by atoms with Crippen LogP contribution < -0.4 is 0 Å². The molecule has 4 aliphatic carbocycles. The van der Waals surface area contributed by atoms with Crippen LogP contribution in [0, 0.1) is 22.0 Å². The third kappa shape index (κ3) is 1.05. The van der Waals surface area contributed by atoms with Gasteiger partial charge in [-0.3, -0.25) is 10.1 Å². The first-order valence-electron chi connectivity index (χ1n) is 5.35. The van der Waals surface area contributed by atoms with E-state index >= 15 is 0 Å². The maximum Gasteiger partial charge on any atom is 0.224 e. The minimum absolute atomic E-state index is 0.0401. The van der Waals surface area contributed by atoms with Crippen molar-refractivity contribution in [2.45, 2.75) is 48.9 Å². The van der Waals surface area contributed by atoms with Crippen molar-refractivity contribution in [3.8, 4) is 0 Å². The molecule has 0 aromatic heterocycles. The predicted octanol–water partition coefficient (Wildman–Crippen LogP) is 2.59. The number of rotatable bonds is 1. The van der Waals surface area contributed by atoms with Gasteiger partial charge in [-0.2, -0.15) is 0 Å². The number of nitro groups is 1. The maximum absolute atomic E-state index is 11.1. The topological polar surface area (TPSA) is 43.1 Å². The highest BCUT2D eigenvalue weighted by Gasteiger charge is 2.63. The third-order valence-corrected chi connectivity index (χ3v) is 4.79. The summed E-state index contributed by atoms with van der Waals surface area (Å²) in [5.74, 6) is 1.05. The van der Waals surface area contributed by atoms with Gasteiger partial charge in [0.2, 0.25) is 5.54 Å². The number of hydrogen-bond acceptors (Lipinski definition) is 2. The quantitative estimate of drug-likeness (QED) is 0.383. The van der Waals surface area contributed by atoms with Crippen molar-refractivity contribution in [2.24, 2.45) is 11.8 Å². The Morgan fingerprint density at radius 3 is 2.21 bits per heavy atom. The van der Waals surface area contributed by atoms with Crippen LogP contribution >= 0.6 is 11.6 Å². The Balaban J connectivity index is 2.00. The van der Waals surface area contributed by atoms with E-state index in [1.54, 1.807) is 0 Å². The SMILES string of the molecule is O=[N+]([O-])C12C[C@@H]3C[C@@H](CC(Cl)(C3)C1)C2. The zero-order valence-electron chi connectivity index (χ0n) is 8.04. The molecule has 0 N–H and O–H groups in total. The van der Waals surface area contributed by atoms with Gasteiger partial charge in [-0.1, -0.05) is 0 Å². The van der Waals surface area contributed by atoms with E-state index in [1.165, 1.54) is 6.42 Å². The number of halogens is 1. The Morgan fingerprint density at radius 1 is 1.21 bits per heavy atom. The standard InChI is InChI=1S/C10H14ClNO2/c11-9-2-7-1-8(3-9)5-10(4-7,6-9)12(13)14/h7-8H,1-6H2/t7-,8+,9?,10?. The average Bonchev–Trinajstić information content (AvgIpc) is 1.98. The molecule has 0 aromatic carbocycles. The zero-order valence-corrected chi connectivity index (χ0v) is 8.79. The smallest absolute Gasteiger partial charge is 0.224 e. The van der Waals surface area contributed by atoms with Crippen LogP contribution in [0.15, 0.2) is 0 Å². The Hall–Kier alpha value is -0.310. The van der Waals surface area contributed by atoms with Crippen molar-refractivity contribution in [1.82, 2.24) is 0 Å². The average molecular weight is 216 g/mol. The highest BCUT2D eigenvalue weighted by molar-refractivity contribution is 6.24. The normalized spacial score (nSPS) is 54.9. The molecule has 4 fully saturated rings. The van der Waals surface area contributed by atoms with E-state index in [9.17, 15) is 10.1 Å². The van der Waals surface area contributed by atoms with Crippen molar-refractivity contribution >= 4 is 11.6 Å². The van der Waals surface area contributed by atoms with Crippen LogP contribution in [0.4, 0.5) is 0 Å². The molecular weight excluding hydrogens is 202 g/mol. The van der Waals surface area contributed by atoms with Crippen LogP contribution in [0.5, 0.6) is 0 Å². The van der Waals surface area contributed by atoms with Gasteiger partial charge in [0, 0.05) is 24.2 Å². The lowest BCUT2D eigenvalue weighted by Gasteiger charge is -2.55. The molecule has 0 aliphatic heterocycles. The molecule has 4 heteroatoms. The van der Waals surface area contributed by atoms with Gasteiger partial charge in [-0.15, -0.1) is 11.6 Å². The van der Waals surface area contributed by atoms with Crippen molar-refractivity contribution < 1.29 is 4.92 Å². The van der Waals surface area contributed by atoms with Crippen molar-refractivity contribution in [3.63, 3.8) is 0 Å². The second kappa shape index (κ2) is 2.43. The summed E-state index contributed by atoms with van der Waals surface area (Å²) in [6.45, 7) is 0. The highest BCUT2D eigenvalue weighted by atomic mass is 35.5. The van der Waals surface area contributed by atoms with Crippen LogP contribution in [0.3, 0.4) is 0 Å². The van der Waals surface area contributed by atoms with Crippen molar-refractivity contribution in [3.05, 3.63) is 10.1 Å². The van der Waals surface area contributed by atoms with E-state index in [1.807, 2.05) is 0 Å². The Labute approximate surface area is 88.0 Å². The lowest BCUT2D eigenvalue weighted by molar-refractivity contribution is -0.587. The molecule has 4 aliphatic rings. The van der Waals surface area contributed by atoms with E-state index in [4.69, 9.17) is 11.6 Å².